The summed E-state index contributed by atoms with van der Waals surface area (Å²) < 4.78 is 1.77. The summed E-state index contributed by atoms with van der Waals surface area (Å²) in [6.45, 7) is 2.88. The molecular weight excluding hydrogens is 226 g/mol. The fourth-order valence-corrected chi connectivity index (χ4v) is 2.28. The van der Waals surface area contributed by atoms with E-state index in [-0.39, 0.29) is 0 Å². The molecule has 18 heavy (non-hydrogen) atoms. The van der Waals surface area contributed by atoms with Gasteiger partial charge in [-0.2, -0.15) is 4.52 Å². The molecular formula is C13H17N5. The van der Waals surface area contributed by atoms with Crippen molar-refractivity contribution in [1.82, 2.24) is 19.8 Å². The number of nitrogens with one attached hydrogen (secondary N) is 1. The van der Waals surface area contributed by atoms with Crippen molar-refractivity contribution in [2.24, 2.45) is 5.92 Å². The zero-order valence-corrected chi connectivity index (χ0v) is 10.5. The predicted molar refractivity (Wildman–Crippen MR) is 70.5 cm³/mol. The van der Waals surface area contributed by atoms with E-state index in [0.717, 1.165) is 29.8 Å². The summed E-state index contributed by atoms with van der Waals surface area (Å²) in [5.41, 5.74) is 0.790. The molecule has 0 bridgehead atoms. The van der Waals surface area contributed by atoms with Gasteiger partial charge in [-0.1, -0.05) is 12.2 Å². The summed E-state index contributed by atoms with van der Waals surface area (Å²) >= 11 is 0. The Kier molecular flexibility index (Phi) is 2.96. The smallest absolute Gasteiger partial charge is 0.178 e. The Bertz CT molecular complexity index is 572. The monoisotopic (exact) mass is 243 g/mol. The molecule has 5 heteroatoms. The van der Waals surface area contributed by atoms with E-state index < -0.39 is 0 Å². The Labute approximate surface area is 106 Å². The number of fused-ring (bicyclic) bond motifs is 1. The third-order valence-corrected chi connectivity index (χ3v) is 3.37. The van der Waals surface area contributed by atoms with Crippen LogP contribution in [0, 0.1) is 12.8 Å². The van der Waals surface area contributed by atoms with Crippen molar-refractivity contribution in [3.8, 4) is 0 Å². The first-order valence-electron chi connectivity index (χ1n) is 6.41. The molecule has 1 aliphatic carbocycles. The number of hydrogen-bond acceptors (Lipinski definition) is 4. The number of aromatic nitrogens is 4. The number of rotatable bonds is 3. The average Bonchev–Trinajstić information content (AvgIpc) is 2.79. The van der Waals surface area contributed by atoms with Crippen LogP contribution in [0.15, 0.2) is 24.3 Å². The zero-order chi connectivity index (χ0) is 12.4. The molecule has 0 unspecified atom stereocenters. The Morgan fingerprint density at radius 3 is 3.11 bits per heavy atom. The Balaban J connectivity index is 1.70. The van der Waals surface area contributed by atoms with E-state index in [1.165, 1.54) is 19.3 Å². The third kappa shape index (κ3) is 2.20. The first-order valence-corrected chi connectivity index (χ1v) is 6.41. The summed E-state index contributed by atoms with van der Waals surface area (Å²) in [7, 11) is 0. The molecule has 1 aliphatic rings. The van der Waals surface area contributed by atoms with Crippen molar-refractivity contribution < 1.29 is 0 Å². The molecule has 2 aromatic rings. The lowest BCUT2D eigenvalue weighted by Gasteiger charge is -2.18. The van der Waals surface area contributed by atoms with E-state index in [4.69, 9.17) is 0 Å². The molecule has 2 heterocycles. The first-order chi connectivity index (χ1) is 8.83. The lowest BCUT2D eigenvalue weighted by Crippen LogP contribution is -2.16. The molecule has 0 fully saturated rings. The summed E-state index contributed by atoms with van der Waals surface area (Å²) in [4.78, 5) is 0. The van der Waals surface area contributed by atoms with Gasteiger partial charge in [0.25, 0.3) is 0 Å². The largest absolute Gasteiger partial charge is 0.368 e. The second-order valence-corrected chi connectivity index (χ2v) is 4.77. The average molecular weight is 243 g/mol. The molecule has 0 spiro atoms. The number of aryl methyl sites for hydroxylation is 1. The maximum atomic E-state index is 4.48. The van der Waals surface area contributed by atoms with Crippen LogP contribution in [0.4, 0.5) is 5.82 Å². The van der Waals surface area contributed by atoms with Crippen LogP contribution in [0.2, 0.25) is 0 Å². The highest BCUT2D eigenvalue weighted by molar-refractivity contribution is 5.43. The molecule has 1 N–H and O–H groups in total. The van der Waals surface area contributed by atoms with Crippen molar-refractivity contribution in [3.63, 3.8) is 0 Å². The van der Waals surface area contributed by atoms with Gasteiger partial charge in [0.1, 0.15) is 5.82 Å². The second kappa shape index (κ2) is 4.76. The number of nitrogens with zero attached hydrogens (tertiary/aromatic N) is 4. The molecule has 0 saturated heterocycles. The van der Waals surface area contributed by atoms with Crippen molar-refractivity contribution in [2.75, 3.05) is 11.9 Å². The summed E-state index contributed by atoms with van der Waals surface area (Å²) in [6, 6.07) is 3.90. The van der Waals surface area contributed by atoms with Crippen LogP contribution in [0.25, 0.3) is 5.65 Å². The maximum absolute atomic E-state index is 4.48. The van der Waals surface area contributed by atoms with Crippen molar-refractivity contribution in [2.45, 2.75) is 26.2 Å². The molecule has 1 atom stereocenters. The van der Waals surface area contributed by atoms with Gasteiger partial charge in [0.05, 0.1) is 0 Å². The molecule has 0 radical (unpaired) electrons. The van der Waals surface area contributed by atoms with Crippen molar-refractivity contribution >= 4 is 11.5 Å². The standard InChI is InChI=1S/C13H17N5/c1-10-15-16-13-8-7-12(17-18(10)13)14-9-11-5-3-2-4-6-11/h2-3,7-8,11H,4-6,9H2,1H3,(H,14,17)/t11-/m1/s1. The molecule has 3 rings (SSSR count). The minimum atomic E-state index is 0.717. The van der Waals surface area contributed by atoms with Gasteiger partial charge < -0.3 is 5.32 Å². The predicted octanol–water partition coefficient (Wildman–Crippen LogP) is 2.20. The maximum Gasteiger partial charge on any atom is 0.178 e. The molecule has 0 saturated carbocycles. The highest BCUT2D eigenvalue weighted by Gasteiger charge is 2.10. The van der Waals surface area contributed by atoms with E-state index in [1.807, 2.05) is 19.1 Å². The SMILES string of the molecule is Cc1nnc2ccc(NC[C@@H]3CC=CCC3)nn12. The normalized spacial score (nSPS) is 19.3. The lowest BCUT2D eigenvalue weighted by molar-refractivity contribution is 0.503. The van der Waals surface area contributed by atoms with Gasteiger partial charge in [-0.15, -0.1) is 15.3 Å². The lowest BCUT2D eigenvalue weighted by atomic mass is 9.94. The van der Waals surface area contributed by atoms with E-state index >= 15 is 0 Å². The summed E-state index contributed by atoms with van der Waals surface area (Å²) in [5.74, 6) is 2.42. The summed E-state index contributed by atoms with van der Waals surface area (Å²) in [6.07, 6.45) is 8.17. The van der Waals surface area contributed by atoms with Gasteiger partial charge in [-0.05, 0) is 44.2 Å². The Morgan fingerprint density at radius 1 is 1.33 bits per heavy atom. The van der Waals surface area contributed by atoms with Crippen LogP contribution in [0.5, 0.6) is 0 Å². The Hall–Kier alpha value is -1.91. The van der Waals surface area contributed by atoms with Crippen LogP contribution in [0.3, 0.4) is 0 Å². The van der Waals surface area contributed by atoms with Gasteiger partial charge in [-0.25, -0.2) is 0 Å². The number of anilines is 1. The molecule has 0 aromatic carbocycles. The molecule has 5 nitrogen and oxygen atoms in total. The highest BCUT2D eigenvalue weighted by Crippen LogP contribution is 2.18. The van der Waals surface area contributed by atoms with E-state index in [9.17, 15) is 0 Å². The molecule has 0 amide bonds. The second-order valence-electron chi connectivity index (χ2n) is 4.77. The highest BCUT2D eigenvalue weighted by atomic mass is 15.4. The molecule has 0 aliphatic heterocycles. The third-order valence-electron chi connectivity index (χ3n) is 3.37. The Morgan fingerprint density at radius 2 is 2.28 bits per heavy atom. The van der Waals surface area contributed by atoms with Crippen LogP contribution < -0.4 is 5.32 Å². The topological polar surface area (TPSA) is 55.1 Å². The van der Waals surface area contributed by atoms with E-state index in [0.29, 0.717) is 0 Å². The molecule has 94 valence electrons. The van der Waals surface area contributed by atoms with Crippen LogP contribution in [-0.4, -0.2) is 26.4 Å². The fourth-order valence-electron chi connectivity index (χ4n) is 2.28. The van der Waals surface area contributed by atoms with Gasteiger partial charge in [0.2, 0.25) is 0 Å². The van der Waals surface area contributed by atoms with Gasteiger partial charge in [0.15, 0.2) is 11.5 Å². The minimum absolute atomic E-state index is 0.717. The minimum Gasteiger partial charge on any atom is -0.368 e. The van der Waals surface area contributed by atoms with Crippen LogP contribution >= 0.6 is 0 Å². The van der Waals surface area contributed by atoms with E-state index in [2.05, 4.69) is 32.8 Å². The fraction of sp³-hybridized carbons (Fsp3) is 0.462. The summed E-state index contributed by atoms with van der Waals surface area (Å²) in [5, 5.41) is 15.9. The quantitative estimate of drug-likeness (QED) is 0.840. The molecule has 2 aromatic heterocycles. The number of hydrogen-bond donors (Lipinski definition) is 1. The van der Waals surface area contributed by atoms with Crippen LogP contribution in [-0.2, 0) is 0 Å². The van der Waals surface area contributed by atoms with Crippen molar-refractivity contribution in [3.05, 3.63) is 30.1 Å². The number of allylic oxidation sites excluding steroid dienone is 2. The van der Waals surface area contributed by atoms with E-state index in [1.54, 1.807) is 4.52 Å². The van der Waals surface area contributed by atoms with Gasteiger partial charge in [0, 0.05) is 6.54 Å². The van der Waals surface area contributed by atoms with Gasteiger partial charge >= 0.3 is 0 Å². The zero-order valence-electron chi connectivity index (χ0n) is 10.5. The van der Waals surface area contributed by atoms with Crippen molar-refractivity contribution in [1.29, 1.82) is 0 Å². The first kappa shape index (κ1) is 11.2. The van der Waals surface area contributed by atoms with Crippen LogP contribution in [0.1, 0.15) is 25.1 Å². The van der Waals surface area contributed by atoms with Gasteiger partial charge in [-0.3, -0.25) is 0 Å².